The molecule has 2 aromatic rings. The molecule has 1 aliphatic rings. The van der Waals surface area contributed by atoms with E-state index >= 15 is 0 Å². The Kier molecular flexibility index (Phi) is 5.68. The summed E-state index contributed by atoms with van der Waals surface area (Å²) >= 11 is 5.68. The molecule has 8 nitrogen and oxygen atoms in total. The molecule has 0 saturated heterocycles. The number of hydrogen-bond donors (Lipinski definition) is 3. The van der Waals surface area contributed by atoms with Crippen LogP contribution in [0.2, 0.25) is 5.02 Å². The van der Waals surface area contributed by atoms with Crippen LogP contribution in [0.15, 0.2) is 30.5 Å². The summed E-state index contributed by atoms with van der Waals surface area (Å²) in [6, 6.07) is 5.41. The van der Waals surface area contributed by atoms with Gasteiger partial charge >= 0.3 is 6.03 Å². The molecule has 2 amide bonds. The minimum atomic E-state index is -3.24. The van der Waals surface area contributed by atoms with Gasteiger partial charge in [-0.15, -0.1) is 0 Å². The lowest BCUT2D eigenvalue weighted by Crippen LogP contribution is -2.54. The quantitative estimate of drug-likeness (QED) is 0.670. The molecular weight excluding hydrogens is 397 g/mol. The zero-order valence-corrected chi connectivity index (χ0v) is 16.0. The third-order valence-electron chi connectivity index (χ3n) is 4.13. The van der Waals surface area contributed by atoms with Crippen molar-refractivity contribution in [1.29, 1.82) is 0 Å². The van der Waals surface area contributed by atoms with Crippen molar-refractivity contribution in [2.45, 2.75) is 31.5 Å². The molecule has 0 unspecified atom stereocenters. The Morgan fingerprint density at radius 2 is 2.07 bits per heavy atom. The number of benzene rings is 1. The van der Waals surface area contributed by atoms with Crippen molar-refractivity contribution in [2.75, 3.05) is 11.6 Å². The molecule has 0 aliphatic heterocycles. The second-order valence-corrected chi connectivity index (χ2v) is 8.66. The number of hydrogen-bond acceptors (Lipinski definition) is 4. The van der Waals surface area contributed by atoms with Gasteiger partial charge in [0.25, 0.3) is 0 Å². The lowest BCUT2D eigenvalue weighted by molar-refractivity contribution is 0.231. The third kappa shape index (κ3) is 5.41. The van der Waals surface area contributed by atoms with Crippen LogP contribution in [0.25, 0.3) is 0 Å². The minimum absolute atomic E-state index is 0.0427. The second kappa shape index (κ2) is 7.83. The average molecular weight is 416 g/mol. The van der Waals surface area contributed by atoms with E-state index in [4.69, 9.17) is 11.6 Å². The number of amides is 2. The maximum absolute atomic E-state index is 13.6. The lowest BCUT2D eigenvalue weighted by Gasteiger charge is -2.35. The first-order chi connectivity index (χ1) is 12.7. The number of sulfonamides is 1. The van der Waals surface area contributed by atoms with Crippen LogP contribution in [0.4, 0.5) is 15.0 Å². The topological polar surface area (TPSA) is 105 Å². The van der Waals surface area contributed by atoms with Crippen LogP contribution >= 0.6 is 11.6 Å². The van der Waals surface area contributed by atoms with Gasteiger partial charge in [-0.2, -0.15) is 5.10 Å². The normalized spacial score (nSPS) is 19.4. The third-order valence-corrected chi connectivity index (χ3v) is 5.20. The molecule has 1 aromatic heterocycles. The van der Waals surface area contributed by atoms with Crippen LogP contribution in [-0.4, -0.2) is 42.6 Å². The highest BCUT2D eigenvalue weighted by Crippen LogP contribution is 2.21. The summed E-state index contributed by atoms with van der Waals surface area (Å²) in [5, 5.41) is 9.63. The molecule has 1 aromatic carbocycles. The first-order valence-electron chi connectivity index (χ1n) is 8.20. The smallest absolute Gasteiger partial charge is 0.320 e. The minimum Gasteiger partial charge on any atom is -0.335 e. The van der Waals surface area contributed by atoms with Crippen LogP contribution in [-0.2, 0) is 16.6 Å². The molecule has 1 saturated carbocycles. The molecular formula is C16H19ClFN5O3S. The molecule has 0 bridgehead atoms. The fraction of sp³-hybridized carbons (Fsp3) is 0.375. The van der Waals surface area contributed by atoms with Crippen LogP contribution in [0.3, 0.4) is 0 Å². The van der Waals surface area contributed by atoms with Gasteiger partial charge in [-0.3, -0.25) is 5.32 Å². The number of halogens is 2. The van der Waals surface area contributed by atoms with Crippen LogP contribution < -0.4 is 15.4 Å². The van der Waals surface area contributed by atoms with Crippen molar-refractivity contribution in [3.05, 3.63) is 46.9 Å². The number of carbonyl (C=O) groups excluding carboxylic acids is 1. The van der Waals surface area contributed by atoms with Gasteiger partial charge < -0.3 is 5.32 Å². The molecule has 0 radical (unpaired) electrons. The van der Waals surface area contributed by atoms with Gasteiger partial charge in [-0.1, -0.05) is 17.7 Å². The summed E-state index contributed by atoms with van der Waals surface area (Å²) in [7, 11) is -3.24. The number of aromatic nitrogens is 2. The number of carbonyl (C=O) groups is 1. The van der Waals surface area contributed by atoms with Gasteiger partial charge in [0.1, 0.15) is 11.6 Å². The maximum atomic E-state index is 13.6. The molecule has 1 fully saturated rings. The highest BCUT2D eigenvalue weighted by Gasteiger charge is 2.32. The number of nitrogens with zero attached hydrogens (tertiary/aromatic N) is 2. The van der Waals surface area contributed by atoms with E-state index in [-0.39, 0.29) is 23.7 Å². The largest absolute Gasteiger partial charge is 0.335 e. The second-order valence-electron chi connectivity index (χ2n) is 6.48. The van der Waals surface area contributed by atoms with Gasteiger partial charge in [-0.25, -0.2) is 27.0 Å². The summed E-state index contributed by atoms with van der Waals surface area (Å²) in [6.07, 6.45) is 3.69. The predicted molar refractivity (Wildman–Crippen MR) is 99.7 cm³/mol. The van der Waals surface area contributed by atoms with Gasteiger partial charge in [0.15, 0.2) is 0 Å². The molecule has 3 rings (SSSR count). The molecule has 1 heterocycles. The number of anilines is 1. The lowest BCUT2D eigenvalue weighted by atomic mass is 9.88. The van der Waals surface area contributed by atoms with Gasteiger partial charge in [0.05, 0.1) is 24.0 Å². The van der Waals surface area contributed by atoms with E-state index in [1.165, 1.54) is 23.0 Å². The Hall–Kier alpha value is -2.17. The molecule has 1 aliphatic carbocycles. The first-order valence-corrected chi connectivity index (χ1v) is 10.5. The Morgan fingerprint density at radius 1 is 1.33 bits per heavy atom. The Bertz CT molecular complexity index is 943. The van der Waals surface area contributed by atoms with Crippen molar-refractivity contribution in [2.24, 2.45) is 0 Å². The van der Waals surface area contributed by atoms with Crippen molar-refractivity contribution in [3.63, 3.8) is 0 Å². The Morgan fingerprint density at radius 3 is 2.74 bits per heavy atom. The summed E-state index contributed by atoms with van der Waals surface area (Å²) in [6.45, 7) is 0.264. The fourth-order valence-electron chi connectivity index (χ4n) is 2.85. The van der Waals surface area contributed by atoms with Gasteiger partial charge in [0, 0.05) is 18.2 Å². The predicted octanol–water partition coefficient (Wildman–Crippen LogP) is 1.93. The van der Waals surface area contributed by atoms with E-state index < -0.39 is 21.9 Å². The van der Waals surface area contributed by atoms with E-state index in [0.29, 0.717) is 24.2 Å². The van der Waals surface area contributed by atoms with Crippen molar-refractivity contribution >= 4 is 33.5 Å². The zero-order chi connectivity index (χ0) is 19.6. The average Bonchev–Trinajstić information content (AvgIpc) is 2.94. The molecule has 11 heteroatoms. The molecule has 0 spiro atoms. The standard InChI is InChI=1S/C16H19ClFN5O3S/c1-27(25,26)22-12-7-11(8-12)20-16(24)21-15-4-5-19-23(15)9-10-2-3-13(17)14(18)6-10/h2-6,11-12,22H,7-9H2,1H3,(H2,20,21,24). The molecule has 146 valence electrons. The van der Waals surface area contributed by atoms with Crippen LogP contribution in [0.5, 0.6) is 0 Å². The number of urea groups is 1. The van der Waals surface area contributed by atoms with E-state index in [0.717, 1.165) is 6.26 Å². The van der Waals surface area contributed by atoms with Gasteiger partial charge in [0.2, 0.25) is 10.0 Å². The van der Waals surface area contributed by atoms with Crippen LogP contribution in [0, 0.1) is 5.82 Å². The monoisotopic (exact) mass is 415 g/mol. The van der Waals surface area contributed by atoms with E-state index in [2.05, 4.69) is 20.5 Å². The van der Waals surface area contributed by atoms with Crippen LogP contribution in [0.1, 0.15) is 18.4 Å². The summed E-state index contributed by atoms with van der Waals surface area (Å²) in [5.74, 6) is -0.0659. The summed E-state index contributed by atoms with van der Waals surface area (Å²) in [5.41, 5.74) is 0.651. The summed E-state index contributed by atoms with van der Waals surface area (Å²) in [4.78, 5) is 12.1. The van der Waals surface area contributed by atoms with Crippen molar-refractivity contribution in [1.82, 2.24) is 19.8 Å². The number of rotatable bonds is 6. The first kappa shape index (κ1) is 19.6. The van der Waals surface area contributed by atoms with Crippen molar-refractivity contribution < 1.29 is 17.6 Å². The van der Waals surface area contributed by atoms with Crippen molar-refractivity contribution in [3.8, 4) is 0 Å². The fourth-order valence-corrected chi connectivity index (χ4v) is 3.76. The maximum Gasteiger partial charge on any atom is 0.320 e. The van der Waals surface area contributed by atoms with E-state index in [9.17, 15) is 17.6 Å². The molecule has 0 atom stereocenters. The van der Waals surface area contributed by atoms with E-state index in [1.54, 1.807) is 12.1 Å². The Balaban J connectivity index is 1.52. The molecule has 3 N–H and O–H groups in total. The SMILES string of the molecule is CS(=O)(=O)NC1CC(NC(=O)Nc2ccnn2Cc2ccc(Cl)c(F)c2)C1. The Labute approximate surface area is 161 Å². The van der Waals surface area contributed by atoms with Gasteiger partial charge in [-0.05, 0) is 30.5 Å². The number of nitrogens with one attached hydrogen (secondary N) is 3. The summed E-state index contributed by atoms with van der Waals surface area (Å²) < 4.78 is 39.9. The van der Waals surface area contributed by atoms with E-state index in [1.807, 2.05) is 0 Å². The molecule has 27 heavy (non-hydrogen) atoms. The zero-order valence-electron chi connectivity index (χ0n) is 14.4. The highest BCUT2D eigenvalue weighted by atomic mass is 35.5. The highest BCUT2D eigenvalue weighted by molar-refractivity contribution is 7.88.